The molecule has 0 bridgehead atoms. The Balaban J connectivity index is 2.28. The van der Waals surface area contributed by atoms with Gasteiger partial charge >= 0.3 is 0 Å². The Morgan fingerprint density at radius 2 is 2.29 bits per heavy atom. The zero-order valence-electron chi connectivity index (χ0n) is 10.2. The van der Waals surface area contributed by atoms with Crippen LogP contribution in [0.2, 0.25) is 0 Å². The highest BCUT2D eigenvalue weighted by atomic mass is 16.5. The van der Waals surface area contributed by atoms with Crippen molar-refractivity contribution in [3.8, 4) is 11.4 Å². The Morgan fingerprint density at radius 3 is 3.06 bits per heavy atom. The molecule has 0 spiro atoms. The number of hydrogen-bond donors (Lipinski definition) is 1. The maximum Gasteiger partial charge on any atom is 0.207 e. The monoisotopic (exact) mass is 231 g/mol. The predicted octanol–water partition coefficient (Wildman–Crippen LogP) is 2.70. The number of imidazole rings is 1. The number of aromatic nitrogens is 2. The molecule has 0 aliphatic rings. The summed E-state index contributed by atoms with van der Waals surface area (Å²) < 4.78 is 7.23. The van der Waals surface area contributed by atoms with E-state index in [4.69, 9.17) is 4.74 Å². The highest BCUT2D eigenvalue weighted by Crippen LogP contribution is 2.19. The molecule has 1 aromatic heterocycles. The van der Waals surface area contributed by atoms with Gasteiger partial charge in [-0.25, -0.2) is 4.98 Å². The molecule has 4 heteroatoms. The lowest BCUT2D eigenvalue weighted by Crippen LogP contribution is -2.06. The summed E-state index contributed by atoms with van der Waals surface area (Å²) in [6.07, 6.45) is 4.80. The van der Waals surface area contributed by atoms with E-state index >= 15 is 0 Å². The number of benzene rings is 1. The van der Waals surface area contributed by atoms with Crippen LogP contribution in [-0.2, 0) is 0 Å². The number of ether oxygens (including phenoxy) is 1. The molecule has 0 unspecified atom stereocenters. The lowest BCUT2D eigenvalue weighted by Gasteiger charge is -2.10. The minimum absolute atomic E-state index is 0.845. The first kappa shape index (κ1) is 11.5. The van der Waals surface area contributed by atoms with Gasteiger partial charge in [0.15, 0.2) is 0 Å². The maximum absolute atomic E-state index is 5.22. The fourth-order valence-electron chi connectivity index (χ4n) is 1.64. The van der Waals surface area contributed by atoms with Gasteiger partial charge in [0.05, 0.1) is 12.8 Å². The lowest BCUT2D eigenvalue weighted by molar-refractivity contribution is 0.414. The molecular formula is C13H17N3O. The first-order chi connectivity index (χ1) is 8.35. The molecule has 0 aliphatic heterocycles. The van der Waals surface area contributed by atoms with E-state index in [0.717, 1.165) is 30.4 Å². The minimum Gasteiger partial charge on any atom is -0.497 e. The van der Waals surface area contributed by atoms with E-state index in [1.165, 1.54) is 0 Å². The zero-order valence-corrected chi connectivity index (χ0v) is 10.2. The van der Waals surface area contributed by atoms with E-state index in [2.05, 4.69) is 17.2 Å². The minimum atomic E-state index is 0.845. The van der Waals surface area contributed by atoms with Crippen molar-refractivity contribution in [2.45, 2.75) is 13.3 Å². The molecule has 0 saturated heterocycles. The maximum atomic E-state index is 5.22. The number of hydrogen-bond acceptors (Lipinski definition) is 3. The highest BCUT2D eigenvalue weighted by Gasteiger charge is 2.04. The van der Waals surface area contributed by atoms with E-state index in [1.807, 2.05) is 35.0 Å². The van der Waals surface area contributed by atoms with Gasteiger partial charge in [-0.3, -0.25) is 4.57 Å². The Bertz CT molecular complexity index is 479. The quantitative estimate of drug-likeness (QED) is 0.860. The number of anilines is 1. The van der Waals surface area contributed by atoms with Crippen LogP contribution in [0.5, 0.6) is 5.75 Å². The van der Waals surface area contributed by atoms with Gasteiger partial charge in [-0.15, -0.1) is 0 Å². The summed E-state index contributed by atoms with van der Waals surface area (Å²) in [6.45, 7) is 3.05. The molecule has 1 N–H and O–H groups in total. The second kappa shape index (κ2) is 5.39. The van der Waals surface area contributed by atoms with Gasteiger partial charge in [0.2, 0.25) is 5.95 Å². The molecule has 0 radical (unpaired) electrons. The third kappa shape index (κ3) is 2.58. The number of nitrogens with one attached hydrogen (secondary N) is 1. The van der Waals surface area contributed by atoms with Crippen LogP contribution in [0.15, 0.2) is 36.7 Å². The molecule has 2 rings (SSSR count). The van der Waals surface area contributed by atoms with Crippen molar-refractivity contribution in [1.29, 1.82) is 0 Å². The average Bonchev–Trinajstić information content (AvgIpc) is 2.84. The third-order valence-electron chi connectivity index (χ3n) is 2.51. The Morgan fingerprint density at radius 1 is 1.41 bits per heavy atom. The van der Waals surface area contributed by atoms with Gasteiger partial charge in [0.1, 0.15) is 5.75 Å². The summed E-state index contributed by atoms with van der Waals surface area (Å²) >= 11 is 0. The van der Waals surface area contributed by atoms with Crippen molar-refractivity contribution in [3.05, 3.63) is 36.7 Å². The molecule has 90 valence electrons. The second-order valence-electron chi connectivity index (χ2n) is 3.75. The van der Waals surface area contributed by atoms with Crippen molar-refractivity contribution in [3.63, 3.8) is 0 Å². The third-order valence-corrected chi connectivity index (χ3v) is 2.51. The topological polar surface area (TPSA) is 39.1 Å². The summed E-state index contributed by atoms with van der Waals surface area (Å²) in [4.78, 5) is 4.30. The predicted molar refractivity (Wildman–Crippen MR) is 68.9 cm³/mol. The lowest BCUT2D eigenvalue weighted by atomic mass is 10.3. The molecule has 1 aromatic carbocycles. The van der Waals surface area contributed by atoms with Crippen molar-refractivity contribution >= 4 is 5.95 Å². The number of rotatable bonds is 5. The Kier molecular flexibility index (Phi) is 3.65. The van der Waals surface area contributed by atoms with Crippen LogP contribution >= 0.6 is 0 Å². The van der Waals surface area contributed by atoms with Crippen LogP contribution in [0.25, 0.3) is 5.69 Å². The van der Waals surface area contributed by atoms with E-state index in [9.17, 15) is 0 Å². The molecule has 0 saturated carbocycles. The largest absolute Gasteiger partial charge is 0.497 e. The van der Waals surface area contributed by atoms with Crippen molar-refractivity contribution in [2.75, 3.05) is 19.0 Å². The Hall–Kier alpha value is -1.97. The fourth-order valence-corrected chi connectivity index (χ4v) is 1.64. The van der Waals surface area contributed by atoms with Crippen LogP contribution in [0, 0.1) is 0 Å². The van der Waals surface area contributed by atoms with Crippen molar-refractivity contribution < 1.29 is 4.74 Å². The van der Waals surface area contributed by atoms with Crippen LogP contribution in [0.4, 0.5) is 5.95 Å². The summed E-state index contributed by atoms with van der Waals surface area (Å²) in [6, 6.07) is 7.91. The Labute approximate surface area is 101 Å². The van der Waals surface area contributed by atoms with Crippen LogP contribution in [-0.4, -0.2) is 23.2 Å². The summed E-state index contributed by atoms with van der Waals surface area (Å²) in [5.74, 6) is 1.71. The van der Waals surface area contributed by atoms with Crippen LogP contribution in [0.3, 0.4) is 0 Å². The molecule has 0 atom stereocenters. The van der Waals surface area contributed by atoms with E-state index < -0.39 is 0 Å². The molecule has 0 aliphatic carbocycles. The van der Waals surface area contributed by atoms with Crippen molar-refractivity contribution in [1.82, 2.24) is 9.55 Å². The van der Waals surface area contributed by atoms with E-state index in [0.29, 0.717) is 0 Å². The first-order valence-corrected chi connectivity index (χ1v) is 5.76. The molecule has 0 fully saturated rings. The molecule has 2 aromatic rings. The normalized spacial score (nSPS) is 10.2. The summed E-state index contributed by atoms with van der Waals surface area (Å²) in [5.41, 5.74) is 1.04. The standard InChI is InChI=1S/C13H17N3O/c1-3-7-14-13-15-8-9-16(13)11-5-4-6-12(10-11)17-2/h4-6,8-10H,3,7H2,1-2H3,(H,14,15). The summed E-state index contributed by atoms with van der Waals surface area (Å²) in [5, 5.41) is 3.29. The average molecular weight is 231 g/mol. The molecule has 4 nitrogen and oxygen atoms in total. The molecule has 0 amide bonds. The van der Waals surface area contributed by atoms with E-state index in [-0.39, 0.29) is 0 Å². The van der Waals surface area contributed by atoms with Crippen LogP contribution in [0.1, 0.15) is 13.3 Å². The number of nitrogens with zero attached hydrogens (tertiary/aromatic N) is 2. The van der Waals surface area contributed by atoms with Crippen molar-refractivity contribution in [2.24, 2.45) is 0 Å². The number of methoxy groups -OCH3 is 1. The van der Waals surface area contributed by atoms with E-state index in [1.54, 1.807) is 13.3 Å². The molecular weight excluding hydrogens is 214 g/mol. The van der Waals surface area contributed by atoms with Gasteiger partial charge in [-0.2, -0.15) is 0 Å². The second-order valence-corrected chi connectivity index (χ2v) is 3.75. The summed E-state index contributed by atoms with van der Waals surface area (Å²) in [7, 11) is 1.67. The molecule has 1 heterocycles. The fraction of sp³-hybridized carbons (Fsp3) is 0.308. The highest BCUT2D eigenvalue weighted by molar-refractivity contribution is 5.45. The molecule has 17 heavy (non-hydrogen) atoms. The van der Waals surface area contributed by atoms with Gasteiger partial charge in [0, 0.05) is 25.0 Å². The van der Waals surface area contributed by atoms with Gasteiger partial charge < -0.3 is 10.1 Å². The van der Waals surface area contributed by atoms with Crippen LogP contribution < -0.4 is 10.1 Å². The first-order valence-electron chi connectivity index (χ1n) is 5.76. The van der Waals surface area contributed by atoms with Gasteiger partial charge in [-0.1, -0.05) is 13.0 Å². The smallest absolute Gasteiger partial charge is 0.207 e. The van der Waals surface area contributed by atoms with Gasteiger partial charge in [-0.05, 0) is 18.6 Å². The SMILES string of the molecule is CCCNc1nccn1-c1cccc(OC)c1. The van der Waals surface area contributed by atoms with Gasteiger partial charge in [0.25, 0.3) is 0 Å². The zero-order chi connectivity index (χ0) is 12.1.